The van der Waals surface area contributed by atoms with E-state index in [0.29, 0.717) is 36.0 Å². The molecule has 0 radical (unpaired) electrons. The summed E-state index contributed by atoms with van der Waals surface area (Å²) in [7, 11) is 0. The van der Waals surface area contributed by atoms with Gasteiger partial charge in [-0.3, -0.25) is 14.9 Å². The number of nitrogens with zero attached hydrogens (tertiary/aromatic N) is 1. The van der Waals surface area contributed by atoms with Crippen LogP contribution in [-0.4, -0.2) is 24.5 Å². The lowest BCUT2D eigenvalue weighted by atomic mass is 10.1. The first-order chi connectivity index (χ1) is 16.0. The molecule has 7 nitrogen and oxygen atoms in total. The molecule has 0 bridgehead atoms. The van der Waals surface area contributed by atoms with Crippen molar-refractivity contribution in [1.29, 1.82) is 0 Å². The second-order valence-corrected chi connectivity index (χ2v) is 7.23. The maximum Gasteiger partial charge on any atom is 0.335 e. The van der Waals surface area contributed by atoms with E-state index in [1.807, 2.05) is 37.3 Å². The lowest BCUT2D eigenvalue weighted by Gasteiger charge is -2.26. The van der Waals surface area contributed by atoms with Crippen LogP contribution in [0.5, 0.6) is 11.5 Å². The highest BCUT2D eigenvalue weighted by molar-refractivity contribution is 6.39. The Balaban J connectivity index is 1.53. The molecule has 0 spiro atoms. The van der Waals surface area contributed by atoms with Crippen LogP contribution >= 0.6 is 0 Å². The van der Waals surface area contributed by atoms with Crippen LogP contribution in [0, 0.1) is 0 Å². The number of rotatable bonds is 7. The summed E-state index contributed by atoms with van der Waals surface area (Å²) in [6.07, 6.45) is 1.44. The minimum Gasteiger partial charge on any atom is -0.494 e. The van der Waals surface area contributed by atoms with Gasteiger partial charge in [-0.2, -0.15) is 0 Å². The Morgan fingerprint density at radius 2 is 1.61 bits per heavy atom. The number of barbiturate groups is 1. The Bertz CT molecular complexity index is 1200. The Morgan fingerprint density at radius 3 is 2.33 bits per heavy atom. The first kappa shape index (κ1) is 21.8. The van der Waals surface area contributed by atoms with Gasteiger partial charge in [0.25, 0.3) is 11.8 Å². The predicted molar refractivity (Wildman–Crippen MR) is 124 cm³/mol. The van der Waals surface area contributed by atoms with Crippen LogP contribution < -0.4 is 19.7 Å². The Labute approximate surface area is 191 Å². The van der Waals surface area contributed by atoms with Gasteiger partial charge in [-0.25, -0.2) is 9.69 Å². The molecule has 4 amide bonds. The van der Waals surface area contributed by atoms with Gasteiger partial charge in [-0.1, -0.05) is 42.5 Å². The highest BCUT2D eigenvalue weighted by Crippen LogP contribution is 2.25. The van der Waals surface area contributed by atoms with Gasteiger partial charge in [0.15, 0.2) is 0 Å². The molecule has 1 heterocycles. The van der Waals surface area contributed by atoms with E-state index in [1.54, 1.807) is 48.5 Å². The Morgan fingerprint density at radius 1 is 0.848 bits per heavy atom. The van der Waals surface area contributed by atoms with Gasteiger partial charge in [0, 0.05) is 0 Å². The van der Waals surface area contributed by atoms with Crippen molar-refractivity contribution in [1.82, 2.24) is 5.32 Å². The monoisotopic (exact) mass is 442 g/mol. The summed E-state index contributed by atoms with van der Waals surface area (Å²) in [5, 5.41) is 2.23. The van der Waals surface area contributed by atoms with E-state index >= 15 is 0 Å². The quantitative estimate of drug-likeness (QED) is 0.435. The molecule has 1 saturated heterocycles. The highest BCUT2D eigenvalue weighted by atomic mass is 16.5. The molecule has 1 fully saturated rings. The third kappa shape index (κ3) is 5.10. The largest absolute Gasteiger partial charge is 0.494 e. The van der Waals surface area contributed by atoms with E-state index in [9.17, 15) is 14.4 Å². The molecule has 1 N–H and O–H groups in total. The van der Waals surface area contributed by atoms with E-state index in [-0.39, 0.29) is 5.57 Å². The van der Waals surface area contributed by atoms with Crippen LogP contribution in [0.2, 0.25) is 0 Å². The maximum atomic E-state index is 13.1. The fourth-order valence-corrected chi connectivity index (χ4v) is 3.35. The number of urea groups is 1. The van der Waals surface area contributed by atoms with E-state index in [4.69, 9.17) is 9.47 Å². The van der Waals surface area contributed by atoms with Gasteiger partial charge >= 0.3 is 6.03 Å². The Kier molecular flexibility index (Phi) is 6.50. The second-order valence-electron chi connectivity index (χ2n) is 7.23. The molecule has 0 saturated carbocycles. The molecule has 1 aliphatic heterocycles. The van der Waals surface area contributed by atoms with Crippen LogP contribution in [0.1, 0.15) is 18.1 Å². The average Bonchev–Trinajstić information content (AvgIpc) is 2.82. The van der Waals surface area contributed by atoms with Gasteiger partial charge in [0.2, 0.25) is 0 Å². The zero-order chi connectivity index (χ0) is 23.2. The van der Waals surface area contributed by atoms with Crippen LogP contribution in [0.15, 0.2) is 84.4 Å². The molecule has 0 aliphatic carbocycles. The average molecular weight is 442 g/mol. The van der Waals surface area contributed by atoms with Crippen molar-refractivity contribution in [3.05, 3.63) is 95.6 Å². The van der Waals surface area contributed by atoms with Gasteiger partial charge < -0.3 is 9.47 Å². The van der Waals surface area contributed by atoms with E-state index in [1.165, 1.54) is 6.08 Å². The number of benzene rings is 3. The fraction of sp³-hybridized carbons (Fsp3) is 0.115. The maximum absolute atomic E-state index is 13.1. The summed E-state index contributed by atoms with van der Waals surface area (Å²) < 4.78 is 11.2. The number of hydrogen-bond donors (Lipinski definition) is 1. The lowest BCUT2D eigenvalue weighted by Crippen LogP contribution is -2.54. The van der Waals surface area contributed by atoms with Crippen molar-refractivity contribution in [2.75, 3.05) is 11.5 Å². The molecule has 4 rings (SSSR count). The smallest absolute Gasteiger partial charge is 0.335 e. The van der Waals surface area contributed by atoms with Gasteiger partial charge in [0.1, 0.15) is 23.7 Å². The number of amides is 4. The van der Waals surface area contributed by atoms with Crippen molar-refractivity contribution in [3.8, 4) is 11.5 Å². The van der Waals surface area contributed by atoms with Crippen LogP contribution in [0.3, 0.4) is 0 Å². The van der Waals surface area contributed by atoms with Crippen LogP contribution in [-0.2, 0) is 16.2 Å². The van der Waals surface area contributed by atoms with Crippen molar-refractivity contribution in [2.45, 2.75) is 13.5 Å². The Hall–Kier alpha value is -4.39. The lowest BCUT2D eigenvalue weighted by molar-refractivity contribution is -0.122. The zero-order valence-corrected chi connectivity index (χ0v) is 18.0. The predicted octanol–water partition coefficient (Wildman–Crippen LogP) is 4.33. The molecule has 0 unspecified atom stereocenters. The van der Waals surface area contributed by atoms with E-state index < -0.39 is 17.8 Å². The van der Waals surface area contributed by atoms with Gasteiger partial charge in [-0.05, 0) is 60.5 Å². The molecule has 3 aromatic rings. The summed E-state index contributed by atoms with van der Waals surface area (Å²) in [6, 6.07) is 22.5. The zero-order valence-electron chi connectivity index (χ0n) is 18.0. The van der Waals surface area contributed by atoms with Crippen LogP contribution in [0.4, 0.5) is 10.5 Å². The molecular formula is C26H22N2O5. The number of hydrogen-bond acceptors (Lipinski definition) is 5. The van der Waals surface area contributed by atoms with E-state index in [0.717, 1.165) is 10.5 Å². The molecule has 166 valence electrons. The van der Waals surface area contributed by atoms with Crippen molar-refractivity contribution in [2.24, 2.45) is 0 Å². The molecule has 7 heteroatoms. The number of nitrogens with one attached hydrogen (secondary N) is 1. The number of anilines is 1. The number of imide groups is 2. The molecule has 1 aliphatic rings. The summed E-state index contributed by atoms with van der Waals surface area (Å²) in [5.41, 5.74) is 1.81. The van der Waals surface area contributed by atoms with Gasteiger partial charge in [0.05, 0.1) is 12.3 Å². The molecule has 33 heavy (non-hydrogen) atoms. The first-order valence-electron chi connectivity index (χ1n) is 10.5. The standard InChI is InChI=1S/C26H22N2O5/c1-2-32-22-10-6-9-19(15-22)16-23-24(29)27-26(31)28(25(23)30)20-11-13-21(14-12-20)33-17-18-7-4-3-5-8-18/h3-16H,2,17H2,1H3,(H,27,29,31)/b23-16+. The molecule has 3 aromatic carbocycles. The van der Waals surface area contributed by atoms with Gasteiger partial charge in [-0.15, -0.1) is 0 Å². The summed E-state index contributed by atoms with van der Waals surface area (Å²) in [5.74, 6) is -0.240. The van der Waals surface area contributed by atoms with Crippen molar-refractivity contribution >= 4 is 29.6 Å². The number of ether oxygens (including phenoxy) is 2. The minimum absolute atomic E-state index is 0.146. The first-order valence-corrected chi connectivity index (χ1v) is 10.5. The van der Waals surface area contributed by atoms with Crippen molar-refractivity contribution < 1.29 is 23.9 Å². The highest BCUT2D eigenvalue weighted by Gasteiger charge is 2.36. The third-order valence-corrected chi connectivity index (χ3v) is 4.93. The number of carbonyl (C=O) groups is 3. The van der Waals surface area contributed by atoms with Crippen LogP contribution in [0.25, 0.3) is 6.08 Å². The van der Waals surface area contributed by atoms with Crippen molar-refractivity contribution in [3.63, 3.8) is 0 Å². The topological polar surface area (TPSA) is 84.9 Å². The molecule has 0 aromatic heterocycles. The fourth-order valence-electron chi connectivity index (χ4n) is 3.35. The summed E-state index contributed by atoms with van der Waals surface area (Å²) >= 11 is 0. The third-order valence-electron chi connectivity index (χ3n) is 4.93. The molecular weight excluding hydrogens is 420 g/mol. The minimum atomic E-state index is -0.803. The summed E-state index contributed by atoms with van der Waals surface area (Å²) in [4.78, 5) is 38.8. The SMILES string of the molecule is CCOc1cccc(/C=C2\C(=O)NC(=O)N(c3ccc(OCc4ccccc4)cc3)C2=O)c1. The second kappa shape index (κ2) is 9.82. The summed E-state index contributed by atoms with van der Waals surface area (Å²) in [6.45, 7) is 2.75. The normalized spacial score (nSPS) is 14.9. The number of carbonyl (C=O) groups excluding carboxylic acids is 3. The van der Waals surface area contributed by atoms with E-state index in [2.05, 4.69) is 5.32 Å². The molecule has 0 atom stereocenters.